The van der Waals surface area contributed by atoms with E-state index in [9.17, 15) is 39.2 Å². The Hall–Kier alpha value is -2.87. The van der Waals surface area contributed by atoms with Crippen molar-refractivity contribution in [1.29, 1.82) is 0 Å². The lowest BCUT2D eigenvalue weighted by atomic mass is 10.1. The molecule has 0 spiro atoms. The van der Waals surface area contributed by atoms with Gasteiger partial charge in [-0.15, -0.1) is 0 Å². The molecule has 2 aromatic rings. The smallest absolute Gasteiger partial charge is 0.427 e. The normalized spacial score (nSPS) is 17.9. The average Bonchev–Trinajstić information content (AvgIpc) is 3.10. The number of carbonyl (C=O) groups is 1. The maximum Gasteiger partial charge on any atom is 0.427 e. The Morgan fingerprint density at radius 2 is 1.66 bits per heavy atom. The number of piperazine rings is 1. The largest absolute Gasteiger partial charge is 0.478 e. The first-order valence-electron chi connectivity index (χ1n) is 11.6. The maximum atomic E-state index is 14.8. The first-order chi connectivity index (χ1) is 17.4. The molecule has 0 atom stereocenters. The third-order valence-electron chi connectivity index (χ3n) is 6.67. The monoisotopic (exact) mass is 578 g/mol. The molecular formula is C24H26F4N2O6S2. The van der Waals surface area contributed by atoms with Gasteiger partial charge in [-0.3, -0.25) is 4.79 Å². The number of ether oxygens (including phenoxy) is 1. The van der Waals surface area contributed by atoms with E-state index >= 15 is 0 Å². The topological polar surface area (TPSA) is 101 Å². The summed E-state index contributed by atoms with van der Waals surface area (Å²) in [5.41, 5.74) is -2.28. The quantitative estimate of drug-likeness (QED) is 0.502. The van der Waals surface area contributed by atoms with E-state index in [4.69, 9.17) is 4.74 Å². The van der Waals surface area contributed by atoms with Crippen LogP contribution >= 0.6 is 0 Å². The van der Waals surface area contributed by atoms with Crippen molar-refractivity contribution in [2.24, 2.45) is 0 Å². The minimum absolute atomic E-state index is 0.0207. The van der Waals surface area contributed by atoms with Gasteiger partial charge in [0.1, 0.15) is 11.6 Å². The van der Waals surface area contributed by atoms with Gasteiger partial charge in [0.15, 0.2) is 25.3 Å². The summed E-state index contributed by atoms with van der Waals surface area (Å²) in [7, 11) is -7.29. The molecule has 0 bridgehead atoms. The van der Waals surface area contributed by atoms with E-state index in [1.807, 2.05) is 0 Å². The molecule has 2 aliphatic heterocycles. The summed E-state index contributed by atoms with van der Waals surface area (Å²) in [5.74, 6) is -1.95. The van der Waals surface area contributed by atoms with E-state index < -0.39 is 48.9 Å². The summed E-state index contributed by atoms with van der Waals surface area (Å²) in [6.07, 6.45) is -3.59. The van der Waals surface area contributed by atoms with Crippen molar-refractivity contribution < 1.29 is 43.9 Å². The van der Waals surface area contributed by atoms with Gasteiger partial charge in [0.2, 0.25) is 0 Å². The first-order valence-corrected chi connectivity index (χ1v) is 15.1. The summed E-state index contributed by atoms with van der Waals surface area (Å²) in [6.45, 7) is 2.01. The van der Waals surface area contributed by atoms with E-state index in [1.54, 1.807) is 4.90 Å². The highest BCUT2D eigenvalue weighted by Crippen LogP contribution is 2.37. The third kappa shape index (κ3) is 5.33. The molecule has 0 aliphatic carbocycles. The van der Waals surface area contributed by atoms with Gasteiger partial charge >= 0.3 is 6.18 Å². The van der Waals surface area contributed by atoms with Crippen LogP contribution < -0.4 is 9.64 Å². The maximum absolute atomic E-state index is 14.8. The number of hydrogen-bond donors (Lipinski definition) is 0. The van der Waals surface area contributed by atoms with Gasteiger partial charge in [0.05, 0.1) is 26.8 Å². The fourth-order valence-electron chi connectivity index (χ4n) is 4.32. The molecule has 0 saturated carbocycles. The molecule has 0 radical (unpaired) electrons. The van der Waals surface area contributed by atoms with Crippen LogP contribution in [0.1, 0.15) is 29.8 Å². The first kappa shape index (κ1) is 28.1. The second-order valence-electron chi connectivity index (χ2n) is 9.80. The Morgan fingerprint density at radius 3 is 2.24 bits per heavy atom. The number of rotatable bonds is 5. The zero-order valence-corrected chi connectivity index (χ0v) is 22.4. The summed E-state index contributed by atoms with van der Waals surface area (Å²) >= 11 is 0. The van der Waals surface area contributed by atoms with E-state index in [1.165, 1.54) is 11.0 Å². The van der Waals surface area contributed by atoms with Crippen LogP contribution in [0, 0.1) is 5.82 Å². The predicted molar refractivity (Wildman–Crippen MR) is 131 cm³/mol. The number of fused-ring (bicyclic) bond motifs is 1. The molecule has 0 unspecified atom stereocenters. The lowest BCUT2D eigenvalue weighted by molar-refractivity contribution is -0.234. The number of nitrogens with zero attached hydrogens (tertiary/aromatic N) is 2. The molecule has 1 fully saturated rings. The second-order valence-corrected chi connectivity index (χ2v) is 13.9. The summed E-state index contributed by atoms with van der Waals surface area (Å²) in [4.78, 5) is 16.1. The summed E-state index contributed by atoms with van der Waals surface area (Å²) in [5, 5.41) is 0. The van der Waals surface area contributed by atoms with Crippen LogP contribution in [-0.2, 0) is 26.1 Å². The van der Waals surface area contributed by atoms with Gasteiger partial charge in [-0.05, 0) is 56.2 Å². The van der Waals surface area contributed by atoms with Crippen molar-refractivity contribution >= 4 is 31.3 Å². The SMILES string of the molecule is CC(C)(Oc1ccc(S(C)(=O)=O)cc1C(=O)N1CCN(c2cc3c(cc2F)S(=O)(=O)CC3)CC1)C(F)(F)F. The molecule has 2 aromatic carbocycles. The van der Waals surface area contributed by atoms with Crippen molar-refractivity contribution in [3.05, 3.63) is 47.3 Å². The fraction of sp³-hybridized carbons (Fsp3) is 0.458. The molecule has 0 N–H and O–H groups in total. The van der Waals surface area contributed by atoms with Crippen LogP contribution in [0.3, 0.4) is 0 Å². The predicted octanol–water partition coefficient (Wildman–Crippen LogP) is 3.24. The Balaban J connectivity index is 1.58. The summed E-state index contributed by atoms with van der Waals surface area (Å²) < 4.78 is 109. The number of hydrogen-bond acceptors (Lipinski definition) is 7. The van der Waals surface area contributed by atoms with Crippen molar-refractivity contribution in [2.45, 2.75) is 41.8 Å². The molecule has 2 heterocycles. The number of alkyl halides is 3. The molecule has 4 rings (SSSR count). The van der Waals surface area contributed by atoms with E-state index in [-0.39, 0.29) is 59.4 Å². The standard InChI is InChI=1S/C24H26F4N2O6S2/c1-23(2,24(26,27)28)36-20-5-4-16(37(3,32)33)13-17(20)22(31)30-9-7-29(8-10-30)19-12-15-6-11-38(34,35)21(15)14-18(19)25/h4-5,12-14H,6-11H2,1-3H3. The zero-order valence-electron chi connectivity index (χ0n) is 20.8. The number of benzene rings is 2. The van der Waals surface area contributed by atoms with Crippen LogP contribution in [0.5, 0.6) is 5.75 Å². The molecule has 14 heteroatoms. The van der Waals surface area contributed by atoms with Crippen molar-refractivity contribution in [2.75, 3.05) is 43.1 Å². The van der Waals surface area contributed by atoms with Crippen LogP contribution in [0.2, 0.25) is 0 Å². The molecule has 208 valence electrons. The molecule has 1 saturated heterocycles. The third-order valence-corrected chi connectivity index (χ3v) is 9.57. The van der Waals surface area contributed by atoms with Crippen LogP contribution in [0.15, 0.2) is 40.1 Å². The molecule has 0 aromatic heterocycles. The molecule has 38 heavy (non-hydrogen) atoms. The zero-order chi connectivity index (χ0) is 28.3. The Bertz CT molecular complexity index is 1500. The minimum Gasteiger partial charge on any atom is -0.478 e. The van der Waals surface area contributed by atoms with Gasteiger partial charge in [0, 0.05) is 32.4 Å². The Kier molecular flexibility index (Phi) is 6.96. The number of amides is 1. The fourth-order valence-corrected chi connectivity index (χ4v) is 6.52. The van der Waals surface area contributed by atoms with Gasteiger partial charge in [-0.2, -0.15) is 13.2 Å². The van der Waals surface area contributed by atoms with Gasteiger partial charge in [-0.25, -0.2) is 21.2 Å². The second kappa shape index (κ2) is 9.40. The number of anilines is 1. The Morgan fingerprint density at radius 1 is 1.03 bits per heavy atom. The van der Waals surface area contributed by atoms with E-state index in [0.717, 1.165) is 44.4 Å². The van der Waals surface area contributed by atoms with Crippen molar-refractivity contribution in [1.82, 2.24) is 4.90 Å². The van der Waals surface area contributed by atoms with E-state index in [2.05, 4.69) is 0 Å². The average molecular weight is 579 g/mol. The van der Waals surface area contributed by atoms with Crippen LogP contribution in [-0.4, -0.2) is 77.6 Å². The van der Waals surface area contributed by atoms with Crippen molar-refractivity contribution in [3.63, 3.8) is 0 Å². The highest BCUT2D eigenvalue weighted by molar-refractivity contribution is 7.91. The Labute approximate surface area is 218 Å². The van der Waals surface area contributed by atoms with E-state index in [0.29, 0.717) is 5.56 Å². The number of aryl methyl sites for hydroxylation is 1. The minimum atomic E-state index is -4.77. The van der Waals surface area contributed by atoms with Gasteiger partial charge in [-0.1, -0.05) is 0 Å². The van der Waals surface area contributed by atoms with Gasteiger partial charge in [0.25, 0.3) is 5.91 Å². The lowest BCUT2D eigenvalue weighted by Gasteiger charge is -2.37. The van der Waals surface area contributed by atoms with Crippen LogP contribution in [0.4, 0.5) is 23.2 Å². The van der Waals surface area contributed by atoms with Crippen molar-refractivity contribution in [3.8, 4) is 5.75 Å². The highest BCUT2D eigenvalue weighted by atomic mass is 32.2. The number of sulfone groups is 2. The number of carbonyl (C=O) groups excluding carboxylic acids is 1. The van der Waals surface area contributed by atoms with Gasteiger partial charge < -0.3 is 14.5 Å². The molecule has 8 nitrogen and oxygen atoms in total. The van der Waals surface area contributed by atoms with Crippen LogP contribution in [0.25, 0.3) is 0 Å². The molecular weight excluding hydrogens is 552 g/mol. The number of halogens is 4. The highest BCUT2D eigenvalue weighted by Gasteiger charge is 2.50. The molecule has 1 amide bonds. The lowest BCUT2D eigenvalue weighted by Crippen LogP contribution is -2.49. The summed E-state index contributed by atoms with van der Waals surface area (Å²) in [6, 6.07) is 5.59. The molecule has 2 aliphatic rings.